The maximum absolute atomic E-state index is 12.5. The van der Waals surface area contributed by atoms with Gasteiger partial charge in [-0.25, -0.2) is 0 Å². The van der Waals surface area contributed by atoms with E-state index in [0.717, 1.165) is 48.4 Å². The van der Waals surface area contributed by atoms with E-state index in [4.69, 9.17) is 9.47 Å². The first-order chi connectivity index (χ1) is 16.2. The minimum atomic E-state index is -0.0226. The molecule has 172 valence electrons. The van der Waals surface area contributed by atoms with E-state index in [1.165, 1.54) is 5.56 Å². The average Bonchev–Trinajstić information content (AvgIpc) is 3.45. The van der Waals surface area contributed by atoms with Crippen LogP contribution in [0.15, 0.2) is 53.7 Å². The lowest BCUT2D eigenvalue weighted by Crippen LogP contribution is -2.39. The summed E-state index contributed by atoms with van der Waals surface area (Å²) in [6, 6.07) is 15.8. The van der Waals surface area contributed by atoms with Crippen molar-refractivity contribution in [3.8, 4) is 11.5 Å². The van der Waals surface area contributed by atoms with E-state index in [1.54, 1.807) is 17.8 Å². The summed E-state index contributed by atoms with van der Waals surface area (Å²) in [6.07, 6.45) is 1.93. The first kappa shape index (κ1) is 21.8. The number of fused-ring (bicyclic) bond motifs is 1. The summed E-state index contributed by atoms with van der Waals surface area (Å²) in [5.41, 5.74) is 2.00. The summed E-state index contributed by atoms with van der Waals surface area (Å²) < 4.78 is 12.8. The Kier molecular flexibility index (Phi) is 6.50. The number of hydrogen-bond donors (Lipinski definition) is 1. The van der Waals surface area contributed by atoms with Gasteiger partial charge >= 0.3 is 0 Å². The fourth-order valence-electron chi connectivity index (χ4n) is 4.26. The van der Waals surface area contributed by atoms with Crippen molar-refractivity contribution in [2.75, 3.05) is 31.7 Å². The molecule has 1 fully saturated rings. The Morgan fingerprint density at radius 1 is 1.09 bits per heavy atom. The van der Waals surface area contributed by atoms with E-state index in [1.807, 2.05) is 25.2 Å². The van der Waals surface area contributed by atoms with Crippen molar-refractivity contribution in [2.24, 2.45) is 7.05 Å². The summed E-state index contributed by atoms with van der Waals surface area (Å²) in [7, 11) is 2.05. The van der Waals surface area contributed by atoms with E-state index in [-0.39, 0.29) is 12.7 Å². The van der Waals surface area contributed by atoms with Gasteiger partial charge < -0.3 is 19.4 Å². The smallest absolute Gasteiger partial charge is 0.238 e. The SMILES string of the molecule is Cn1c(SCc2ccccc2)nnc1C1CCN(CC(=O)Nc2ccc3c(c2)OCO3)CC1. The lowest BCUT2D eigenvalue weighted by atomic mass is 9.96. The average molecular weight is 466 g/mol. The number of nitrogens with one attached hydrogen (secondary N) is 1. The Hall–Kier alpha value is -3.04. The molecule has 3 heterocycles. The molecular formula is C24H27N5O3S. The number of carbonyl (C=O) groups is 1. The highest BCUT2D eigenvalue weighted by atomic mass is 32.2. The van der Waals surface area contributed by atoms with Gasteiger partial charge in [0.25, 0.3) is 0 Å². The number of likely N-dealkylation sites (tertiary alicyclic amines) is 1. The van der Waals surface area contributed by atoms with Crippen LogP contribution in [0.1, 0.15) is 30.1 Å². The maximum Gasteiger partial charge on any atom is 0.238 e. The van der Waals surface area contributed by atoms with Crippen LogP contribution in [0.4, 0.5) is 5.69 Å². The number of amides is 1. The highest BCUT2D eigenvalue weighted by Gasteiger charge is 2.26. The number of hydrogen-bond acceptors (Lipinski definition) is 7. The van der Waals surface area contributed by atoms with Crippen LogP contribution < -0.4 is 14.8 Å². The molecule has 1 N–H and O–H groups in total. The molecule has 1 aromatic heterocycles. The van der Waals surface area contributed by atoms with Crippen LogP contribution in [0.25, 0.3) is 0 Å². The molecule has 0 radical (unpaired) electrons. The fraction of sp³-hybridized carbons (Fsp3) is 0.375. The van der Waals surface area contributed by atoms with Gasteiger partial charge in [0.15, 0.2) is 16.7 Å². The molecular weight excluding hydrogens is 438 g/mol. The largest absolute Gasteiger partial charge is 0.454 e. The molecule has 0 atom stereocenters. The molecule has 0 bridgehead atoms. The predicted octanol–water partition coefficient (Wildman–Crippen LogP) is 3.65. The quantitative estimate of drug-likeness (QED) is 0.534. The molecule has 3 aromatic rings. The Balaban J connectivity index is 1.10. The third kappa shape index (κ3) is 5.15. The van der Waals surface area contributed by atoms with Crippen molar-refractivity contribution in [3.63, 3.8) is 0 Å². The fourth-order valence-corrected chi connectivity index (χ4v) is 5.13. The van der Waals surface area contributed by atoms with E-state index in [2.05, 4.69) is 49.2 Å². The first-order valence-electron chi connectivity index (χ1n) is 11.1. The van der Waals surface area contributed by atoms with E-state index in [9.17, 15) is 4.79 Å². The zero-order chi connectivity index (χ0) is 22.6. The molecule has 2 aliphatic rings. The molecule has 5 rings (SSSR count). The Morgan fingerprint density at radius 3 is 2.70 bits per heavy atom. The van der Waals surface area contributed by atoms with Gasteiger partial charge in [0, 0.05) is 30.5 Å². The molecule has 0 unspecified atom stereocenters. The van der Waals surface area contributed by atoms with Gasteiger partial charge in [-0.2, -0.15) is 0 Å². The van der Waals surface area contributed by atoms with Crippen LogP contribution in [0.3, 0.4) is 0 Å². The number of nitrogens with zero attached hydrogens (tertiary/aromatic N) is 4. The molecule has 0 saturated carbocycles. The maximum atomic E-state index is 12.5. The van der Waals surface area contributed by atoms with E-state index < -0.39 is 0 Å². The number of thioether (sulfide) groups is 1. The molecule has 9 heteroatoms. The second-order valence-corrected chi connectivity index (χ2v) is 9.28. The number of benzene rings is 2. The Morgan fingerprint density at radius 2 is 1.88 bits per heavy atom. The topological polar surface area (TPSA) is 81.5 Å². The van der Waals surface area contributed by atoms with Gasteiger partial charge in [-0.05, 0) is 43.6 Å². The predicted molar refractivity (Wildman–Crippen MR) is 127 cm³/mol. The number of anilines is 1. The number of carbonyl (C=O) groups excluding carboxylic acids is 1. The van der Waals surface area contributed by atoms with E-state index in [0.29, 0.717) is 24.0 Å². The van der Waals surface area contributed by atoms with Crippen molar-refractivity contribution in [1.29, 1.82) is 0 Å². The molecule has 0 aliphatic carbocycles. The van der Waals surface area contributed by atoms with Crippen molar-refractivity contribution in [2.45, 2.75) is 29.7 Å². The zero-order valence-corrected chi connectivity index (χ0v) is 19.4. The number of aromatic nitrogens is 3. The molecule has 0 spiro atoms. The van der Waals surface area contributed by atoms with Crippen LogP contribution in [0.5, 0.6) is 11.5 Å². The monoisotopic (exact) mass is 465 g/mol. The van der Waals surface area contributed by atoms with Gasteiger partial charge in [0.05, 0.1) is 6.54 Å². The standard InChI is InChI=1S/C24H27N5O3S/c1-28-23(26-27-24(28)33-15-17-5-3-2-4-6-17)18-9-11-29(12-10-18)14-22(30)25-19-7-8-20-21(13-19)32-16-31-20/h2-8,13,18H,9-12,14-16H2,1H3,(H,25,30). The van der Waals surface area contributed by atoms with Crippen LogP contribution in [0, 0.1) is 0 Å². The summed E-state index contributed by atoms with van der Waals surface area (Å²) in [5, 5.41) is 12.8. The summed E-state index contributed by atoms with van der Waals surface area (Å²) >= 11 is 1.71. The van der Waals surface area contributed by atoms with Crippen molar-refractivity contribution in [1.82, 2.24) is 19.7 Å². The van der Waals surface area contributed by atoms with Crippen LogP contribution in [-0.4, -0.2) is 52.0 Å². The Bertz CT molecular complexity index is 1110. The first-order valence-corrected chi connectivity index (χ1v) is 12.1. The molecule has 2 aliphatic heterocycles. The molecule has 8 nitrogen and oxygen atoms in total. The number of ether oxygens (including phenoxy) is 2. The summed E-state index contributed by atoms with van der Waals surface area (Å²) in [6.45, 7) is 2.32. The van der Waals surface area contributed by atoms with Gasteiger partial charge in [-0.15, -0.1) is 10.2 Å². The minimum Gasteiger partial charge on any atom is -0.454 e. The third-order valence-corrected chi connectivity index (χ3v) is 7.15. The van der Waals surface area contributed by atoms with Crippen LogP contribution >= 0.6 is 11.8 Å². The lowest BCUT2D eigenvalue weighted by molar-refractivity contribution is -0.117. The normalized spacial score (nSPS) is 16.2. The van der Waals surface area contributed by atoms with Crippen molar-refractivity contribution >= 4 is 23.4 Å². The van der Waals surface area contributed by atoms with Crippen molar-refractivity contribution < 1.29 is 14.3 Å². The Labute approximate surface area is 197 Å². The number of rotatable bonds is 7. The van der Waals surface area contributed by atoms with Gasteiger partial charge in [-0.3, -0.25) is 9.69 Å². The second-order valence-electron chi connectivity index (χ2n) is 8.34. The summed E-state index contributed by atoms with van der Waals surface area (Å²) in [4.78, 5) is 14.7. The highest BCUT2D eigenvalue weighted by molar-refractivity contribution is 7.98. The molecule has 1 amide bonds. The zero-order valence-electron chi connectivity index (χ0n) is 18.6. The highest BCUT2D eigenvalue weighted by Crippen LogP contribution is 2.34. The van der Waals surface area contributed by atoms with Crippen molar-refractivity contribution in [3.05, 3.63) is 59.9 Å². The van der Waals surface area contributed by atoms with Crippen LogP contribution in [-0.2, 0) is 17.6 Å². The molecule has 33 heavy (non-hydrogen) atoms. The minimum absolute atomic E-state index is 0.0226. The second kappa shape index (κ2) is 9.84. The van der Waals surface area contributed by atoms with Gasteiger partial charge in [0.1, 0.15) is 5.82 Å². The van der Waals surface area contributed by atoms with Gasteiger partial charge in [0.2, 0.25) is 12.7 Å². The number of piperidine rings is 1. The van der Waals surface area contributed by atoms with E-state index >= 15 is 0 Å². The van der Waals surface area contributed by atoms with Gasteiger partial charge in [-0.1, -0.05) is 42.1 Å². The molecule has 1 saturated heterocycles. The molecule has 2 aromatic carbocycles. The summed E-state index contributed by atoms with van der Waals surface area (Å²) in [5.74, 6) is 3.63. The lowest BCUT2D eigenvalue weighted by Gasteiger charge is -2.30. The third-order valence-electron chi connectivity index (χ3n) is 6.06. The van der Waals surface area contributed by atoms with Crippen LogP contribution in [0.2, 0.25) is 0 Å².